The van der Waals surface area contributed by atoms with Crippen molar-refractivity contribution >= 4 is 17.5 Å². The Morgan fingerprint density at radius 1 is 1.21 bits per heavy atom. The molecule has 0 aliphatic heterocycles. The van der Waals surface area contributed by atoms with Crippen LogP contribution >= 0.6 is 11.6 Å². The van der Waals surface area contributed by atoms with Gasteiger partial charge in [-0.2, -0.15) is 0 Å². The van der Waals surface area contributed by atoms with Crippen LogP contribution in [0.5, 0.6) is 0 Å². The van der Waals surface area contributed by atoms with Crippen molar-refractivity contribution in [2.45, 2.75) is 50.8 Å². The SMILES string of the molecule is CCCCCCCC(Cl)C(=O)N(C)C. The molecule has 2 nitrogen and oxygen atoms in total. The lowest BCUT2D eigenvalue weighted by atomic mass is 10.1. The highest BCUT2D eigenvalue weighted by Gasteiger charge is 2.15. The van der Waals surface area contributed by atoms with Crippen molar-refractivity contribution < 1.29 is 4.79 Å². The number of amides is 1. The fourth-order valence-electron chi connectivity index (χ4n) is 1.33. The Morgan fingerprint density at radius 3 is 2.29 bits per heavy atom. The van der Waals surface area contributed by atoms with Crippen LogP contribution < -0.4 is 0 Å². The van der Waals surface area contributed by atoms with Gasteiger partial charge in [-0.15, -0.1) is 11.6 Å². The Labute approximate surface area is 92.6 Å². The highest BCUT2D eigenvalue weighted by molar-refractivity contribution is 6.30. The van der Waals surface area contributed by atoms with E-state index in [1.165, 1.54) is 25.7 Å². The Kier molecular flexibility index (Phi) is 7.96. The summed E-state index contributed by atoms with van der Waals surface area (Å²) in [6, 6.07) is 0. The maximum Gasteiger partial charge on any atom is 0.240 e. The number of halogens is 1. The zero-order chi connectivity index (χ0) is 11.0. The van der Waals surface area contributed by atoms with Gasteiger partial charge in [0.15, 0.2) is 0 Å². The number of rotatable bonds is 7. The van der Waals surface area contributed by atoms with Crippen LogP contribution in [0.25, 0.3) is 0 Å². The molecule has 0 N–H and O–H groups in total. The van der Waals surface area contributed by atoms with Crippen molar-refractivity contribution in [1.29, 1.82) is 0 Å². The summed E-state index contributed by atoms with van der Waals surface area (Å²) >= 11 is 5.95. The standard InChI is InChI=1S/C11H22ClNO/c1-4-5-6-7-8-9-10(12)11(14)13(2)3/h10H,4-9H2,1-3H3. The summed E-state index contributed by atoms with van der Waals surface area (Å²) in [5, 5.41) is -0.327. The highest BCUT2D eigenvalue weighted by atomic mass is 35.5. The van der Waals surface area contributed by atoms with Gasteiger partial charge >= 0.3 is 0 Å². The van der Waals surface area contributed by atoms with Crippen molar-refractivity contribution in [1.82, 2.24) is 4.90 Å². The lowest BCUT2D eigenvalue weighted by Gasteiger charge is -2.14. The van der Waals surface area contributed by atoms with Crippen LogP contribution in [0, 0.1) is 0 Å². The molecule has 0 aromatic carbocycles. The minimum Gasteiger partial charge on any atom is -0.348 e. The smallest absolute Gasteiger partial charge is 0.240 e. The minimum absolute atomic E-state index is 0.0298. The first kappa shape index (κ1) is 13.8. The van der Waals surface area contributed by atoms with Gasteiger partial charge in [-0.05, 0) is 6.42 Å². The molecule has 0 heterocycles. The molecule has 0 saturated carbocycles. The van der Waals surface area contributed by atoms with E-state index < -0.39 is 0 Å². The van der Waals surface area contributed by atoms with Gasteiger partial charge in [0.05, 0.1) is 0 Å². The molecule has 0 radical (unpaired) electrons. The van der Waals surface area contributed by atoms with Crippen LogP contribution in [0.3, 0.4) is 0 Å². The van der Waals surface area contributed by atoms with Crippen LogP contribution in [0.2, 0.25) is 0 Å². The summed E-state index contributed by atoms with van der Waals surface area (Å²) in [6.45, 7) is 2.19. The van der Waals surface area contributed by atoms with Gasteiger partial charge in [0.25, 0.3) is 0 Å². The number of alkyl halides is 1. The second-order valence-electron chi connectivity index (χ2n) is 3.90. The normalized spacial score (nSPS) is 12.6. The van der Waals surface area contributed by atoms with E-state index >= 15 is 0 Å². The van der Waals surface area contributed by atoms with Crippen molar-refractivity contribution in [3.05, 3.63) is 0 Å². The zero-order valence-corrected chi connectivity index (χ0v) is 10.3. The lowest BCUT2D eigenvalue weighted by molar-refractivity contribution is -0.128. The summed E-state index contributed by atoms with van der Waals surface area (Å²) in [6.07, 6.45) is 6.86. The quantitative estimate of drug-likeness (QED) is 0.476. The van der Waals surface area contributed by atoms with Crippen molar-refractivity contribution in [3.8, 4) is 0 Å². The molecule has 1 atom stereocenters. The molecule has 0 aromatic heterocycles. The van der Waals surface area contributed by atoms with Crippen LogP contribution in [0.4, 0.5) is 0 Å². The Hall–Kier alpha value is -0.240. The summed E-state index contributed by atoms with van der Waals surface area (Å²) in [5.41, 5.74) is 0. The number of hydrogen-bond donors (Lipinski definition) is 0. The lowest BCUT2D eigenvalue weighted by Crippen LogP contribution is -2.30. The molecular formula is C11H22ClNO. The molecule has 0 saturated heterocycles. The molecule has 0 aliphatic carbocycles. The number of hydrogen-bond acceptors (Lipinski definition) is 1. The molecule has 0 bridgehead atoms. The van der Waals surface area contributed by atoms with E-state index in [0.29, 0.717) is 0 Å². The van der Waals surface area contributed by atoms with E-state index in [-0.39, 0.29) is 11.3 Å². The largest absolute Gasteiger partial charge is 0.348 e. The van der Waals surface area contributed by atoms with Crippen molar-refractivity contribution in [2.24, 2.45) is 0 Å². The van der Waals surface area contributed by atoms with Crippen molar-refractivity contribution in [3.63, 3.8) is 0 Å². The van der Waals surface area contributed by atoms with Crippen LogP contribution in [-0.4, -0.2) is 30.3 Å². The molecule has 1 amide bonds. The van der Waals surface area contributed by atoms with E-state index in [9.17, 15) is 4.79 Å². The molecule has 0 spiro atoms. The Balaban J connectivity index is 3.44. The maximum absolute atomic E-state index is 11.4. The van der Waals surface area contributed by atoms with E-state index in [4.69, 9.17) is 11.6 Å². The molecule has 14 heavy (non-hydrogen) atoms. The molecule has 0 aliphatic rings. The van der Waals surface area contributed by atoms with Crippen LogP contribution in [0.1, 0.15) is 45.4 Å². The van der Waals surface area contributed by atoms with E-state index in [0.717, 1.165) is 12.8 Å². The third-order valence-electron chi connectivity index (χ3n) is 2.27. The second kappa shape index (κ2) is 8.10. The number of carbonyl (C=O) groups is 1. The van der Waals surface area contributed by atoms with Gasteiger partial charge in [0, 0.05) is 14.1 Å². The highest BCUT2D eigenvalue weighted by Crippen LogP contribution is 2.12. The second-order valence-corrected chi connectivity index (χ2v) is 4.43. The summed E-state index contributed by atoms with van der Waals surface area (Å²) in [7, 11) is 3.49. The number of carbonyl (C=O) groups excluding carboxylic acids is 1. The minimum atomic E-state index is -0.327. The average Bonchev–Trinajstić information content (AvgIpc) is 2.16. The van der Waals surface area contributed by atoms with Gasteiger partial charge in [-0.1, -0.05) is 39.0 Å². The first-order chi connectivity index (χ1) is 6.59. The summed E-state index contributed by atoms with van der Waals surface area (Å²) in [4.78, 5) is 12.9. The van der Waals surface area contributed by atoms with E-state index in [2.05, 4.69) is 6.92 Å². The molecule has 3 heteroatoms. The van der Waals surface area contributed by atoms with Gasteiger partial charge < -0.3 is 4.90 Å². The zero-order valence-electron chi connectivity index (χ0n) is 9.55. The summed E-state index contributed by atoms with van der Waals surface area (Å²) in [5.74, 6) is 0.0298. The molecule has 1 unspecified atom stereocenters. The third kappa shape index (κ3) is 6.25. The predicted molar refractivity (Wildman–Crippen MR) is 61.7 cm³/mol. The van der Waals surface area contributed by atoms with Crippen molar-refractivity contribution in [2.75, 3.05) is 14.1 Å². The third-order valence-corrected chi connectivity index (χ3v) is 2.67. The first-order valence-electron chi connectivity index (χ1n) is 5.44. The van der Waals surface area contributed by atoms with E-state index in [1.807, 2.05) is 0 Å². The first-order valence-corrected chi connectivity index (χ1v) is 5.88. The summed E-state index contributed by atoms with van der Waals surface area (Å²) < 4.78 is 0. The fourth-order valence-corrected chi connectivity index (χ4v) is 1.68. The van der Waals surface area contributed by atoms with Gasteiger partial charge in [-0.25, -0.2) is 0 Å². The Bertz CT molecular complexity index is 159. The molecule has 84 valence electrons. The number of nitrogens with zero attached hydrogens (tertiary/aromatic N) is 1. The van der Waals surface area contributed by atoms with Gasteiger partial charge in [-0.3, -0.25) is 4.79 Å². The number of unbranched alkanes of at least 4 members (excludes halogenated alkanes) is 4. The monoisotopic (exact) mass is 219 g/mol. The molecule has 0 fully saturated rings. The fraction of sp³-hybridized carbons (Fsp3) is 0.909. The molecule has 0 rings (SSSR count). The predicted octanol–water partition coefficient (Wildman–Crippen LogP) is 3.04. The van der Waals surface area contributed by atoms with Crippen LogP contribution in [0.15, 0.2) is 0 Å². The van der Waals surface area contributed by atoms with Gasteiger partial charge in [0.1, 0.15) is 5.38 Å². The maximum atomic E-state index is 11.4. The Morgan fingerprint density at radius 2 is 1.79 bits per heavy atom. The molecular weight excluding hydrogens is 198 g/mol. The average molecular weight is 220 g/mol. The molecule has 0 aromatic rings. The van der Waals surface area contributed by atoms with Gasteiger partial charge in [0.2, 0.25) is 5.91 Å². The van der Waals surface area contributed by atoms with E-state index in [1.54, 1.807) is 19.0 Å². The topological polar surface area (TPSA) is 20.3 Å². The van der Waals surface area contributed by atoms with Crippen LogP contribution in [-0.2, 0) is 4.79 Å².